The number of carbonyl (C=O) groups excluding carboxylic acids is 2. The van der Waals surface area contributed by atoms with Gasteiger partial charge in [0.1, 0.15) is 12.2 Å². The third kappa shape index (κ3) is 6.77. The summed E-state index contributed by atoms with van der Waals surface area (Å²) in [6.45, 7) is 6.43. The molecule has 10 heteroatoms. The van der Waals surface area contributed by atoms with Crippen molar-refractivity contribution in [2.75, 3.05) is 39.3 Å². The first-order chi connectivity index (χ1) is 15.0. The van der Waals surface area contributed by atoms with Crippen molar-refractivity contribution < 1.29 is 27.8 Å². The molecule has 178 valence electrons. The molecule has 0 aliphatic carbocycles. The van der Waals surface area contributed by atoms with E-state index in [1.807, 2.05) is 30.3 Å². The molecule has 2 saturated heterocycles. The van der Waals surface area contributed by atoms with Crippen LogP contribution in [-0.4, -0.2) is 83.8 Å². The summed E-state index contributed by atoms with van der Waals surface area (Å²) in [5, 5.41) is 1.68. The highest BCUT2D eigenvalue weighted by molar-refractivity contribution is 5.68. The Kier molecular flexibility index (Phi) is 7.55. The van der Waals surface area contributed by atoms with Crippen LogP contribution in [0.2, 0.25) is 0 Å². The van der Waals surface area contributed by atoms with Gasteiger partial charge in [-0.05, 0) is 32.8 Å². The summed E-state index contributed by atoms with van der Waals surface area (Å²) in [7, 11) is 0. The summed E-state index contributed by atoms with van der Waals surface area (Å²) >= 11 is 0. The summed E-state index contributed by atoms with van der Waals surface area (Å²) in [5.74, 6) is -3.04. The maximum Gasteiger partial charge on any atom is 0.422 e. The van der Waals surface area contributed by atoms with Gasteiger partial charge >= 0.3 is 12.2 Å². The van der Waals surface area contributed by atoms with E-state index in [2.05, 4.69) is 5.43 Å². The van der Waals surface area contributed by atoms with Crippen molar-refractivity contribution in [1.29, 1.82) is 0 Å². The van der Waals surface area contributed by atoms with E-state index in [0.29, 0.717) is 26.2 Å². The molecule has 1 unspecified atom stereocenters. The predicted octanol–water partition coefficient (Wildman–Crippen LogP) is 3.09. The average molecular weight is 455 g/mol. The number of likely N-dealkylation sites (tertiary alicyclic amines) is 1. The van der Waals surface area contributed by atoms with Crippen molar-refractivity contribution in [3.63, 3.8) is 0 Å². The molecule has 32 heavy (non-hydrogen) atoms. The molecule has 2 fully saturated rings. The van der Waals surface area contributed by atoms with E-state index in [0.717, 1.165) is 10.5 Å². The van der Waals surface area contributed by atoms with E-state index in [4.69, 9.17) is 9.47 Å². The number of amides is 2. The first-order valence-corrected chi connectivity index (χ1v) is 10.9. The van der Waals surface area contributed by atoms with Crippen LogP contribution in [0.5, 0.6) is 0 Å². The van der Waals surface area contributed by atoms with E-state index in [1.54, 1.807) is 30.7 Å². The van der Waals surface area contributed by atoms with Gasteiger partial charge in [0.2, 0.25) is 0 Å². The molecular weight excluding hydrogens is 422 g/mol. The summed E-state index contributed by atoms with van der Waals surface area (Å²) in [5.41, 5.74) is 2.82. The number of piperazine rings is 1. The molecule has 0 spiro atoms. The number of carbonyl (C=O) groups is 2. The lowest BCUT2D eigenvalue weighted by molar-refractivity contribution is -0.133. The van der Waals surface area contributed by atoms with Gasteiger partial charge in [0.15, 0.2) is 0 Å². The topological polar surface area (TPSA) is 74.4 Å². The maximum absolute atomic E-state index is 14.9. The fourth-order valence-electron chi connectivity index (χ4n) is 3.89. The molecular formula is C22H32F2N4O4. The highest BCUT2D eigenvalue weighted by atomic mass is 19.3. The molecule has 1 atom stereocenters. The lowest BCUT2D eigenvalue weighted by Gasteiger charge is -2.46. The van der Waals surface area contributed by atoms with Crippen LogP contribution in [0.1, 0.15) is 32.8 Å². The monoisotopic (exact) mass is 454 g/mol. The zero-order valence-corrected chi connectivity index (χ0v) is 18.9. The van der Waals surface area contributed by atoms with Crippen molar-refractivity contribution in [3.05, 3.63) is 35.9 Å². The van der Waals surface area contributed by atoms with E-state index >= 15 is 0 Å². The first-order valence-electron chi connectivity index (χ1n) is 10.9. The van der Waals surface area contributed by atoms with E-state index in [-0.39, 0.29) is 19.6 Å². The van der Waals surface area contributed by atoms with Gasteiger partial charge in [0.25, 0.3) is 5.92 Å². The van der Waals surface area contributed by atoms with Crippen LogP contribution in [0.4, 0.5) is 18.4 Å². The minimum absolute atomic E-state index is 0.162. The number of piperidine rings is 1. The lowest BCUT2D eigenvalue weighted by atomic mass is 9.98. The quantitative estimate of drug-likeness (QED) is 0.754. The van der Waals surface area contributed by atoms with Crippen LogP contribution < -0.4 is 5.43 Å². The summed E-state index contributed by atoms with van der Waals surface area (Å²) < 4.78 is 40.2. The van der Waals surface area contributed by atoms with Gasteiger partial charge < -0.3 is 14.4 Å². The second-order valence-electron chi connectivity index (χ2n) is 9.16. The highest BCUT2D eigenvalue weighted by Gasteiger charge is 2.49. The minimum atomic E-state index is -3.04. The number of halogens is 2. The number of nitrogens with zero attached hydrogens (tertiary/aromatic N) is 3. The van der Waals surface area contributed by atoms with Crippen molar-refractivity contribution in [2.45, 2.75) is 51.4 Å². The lowest BCUT2D eigenvalue weighted by Crippen LogP contribution is -2.64. The molecule has 3 rings (SSSR count). The number of hydrogen-bond donors (Lipinski definition) is 1. The smallest absolute Gasteiger partial charge is 0.422 e. The molecule has 0 bridgehead atoms. The van der Waals surface area contributed by atoms with Crippen LogP contribution in [0.15, 0.2) is 30.3 Å². The van der Waals surface area contributed by atoms with Gasteiger partial charge in [-0.25, -0.2) is 23.4 Å². The maximum atomic E-state index is 14.9. The first kappa shape index (κ1) is 24.2. The summed E-state index contributed by atoms with van der Waals surface area (Å²) in [6, 6.07) is 8.38. The van der Waals surface area contributed by atoms with Crippen LogP contribution >= 0.6 is 0 Å². The van der Waals surface area contributed by atoms with Crippen molar-refractivity contribution in [2.24, 2.45) is 0 Å². The Morgan fingerprint density at radius 3 is 2.34 bits per heavy atom. The van der Waals surface area contributed by atoms with Gasteiger partial charge in [-0.2, -0.15) is 0 Å². The van der Waals surface area contributed by atoms with Gasteiger partial charge in [-0.1, -0.05) is 30.3 Å². The molecule has 2 heterocycles. The molecule has 1 N–H and O–H groups in total. The standard InChI is InChI=1S/C22H32F2N4O4/c1-21(2,3)32-20(30)27-10-9-18(22(23,24)16-27)26-11-13-28(14-12-26)25-19(29)31-15-17-7-5-4-6-8-17/h4-8,18H,9-16H2,1-3H3,(H,25,29). The van der Waals surface area contributed by atoms with Crippen LogP contribution in [0.25, 0.3) is 0 Å². The number of hydrazine groups is 1. The highest BCUT2D eigenvalue weighted by Crippen LogP contribution is 2.32. The van der Waals surface area contributed by atoms with E-state index in [1.165, 1.54) is 0 Å². The molecule has 2 amide bonds. The van der Waals surface area contributed by atoms with Crippen LogP contribution in [0, 0.1) is 0 Å². The fraction of sp³-hybridized carbons (Fsp3) is 0.636. The number of benzene rings is 1. The minimum Gasteiger partial charge on any atom is -0.444 e. The third-order valence-corrected chi connectivity index (χ3v) is 5.43. The van der Waals surface area contributed by atoms with E-state index < -0.39 is 36.3 Å². The molecule has 0 radical (unpaired) electrons. The number of rotatable bonds is 4. The summed E-state index contributed by atoms with van der Waals surface area (Å²) in [6.07, 6.45) is -1.12. The largest absolute Gasteiger partial charge is 0.444 e. The molecule has 8 nitrogen and oxygen atoms in total. The Hall–Kier alpha value is -2.46. The van der Waals surface area contributed by atoms with Gasteiger partial charge in [-0.15, -0.1) is 0 Å². The molecule has 1 aromatic rings. The Labute approximate surface area is 187 Å². The Balaban J connectivity index is 1.43. The Morgan fingerprint density at radius 2 is 1.75 bits per heavy atom. The Morgan fingerprint density at radius 1 is 1.09 bits per heavy atom. The van der Waals surface area contributed by atoms with Crippen LogP contribution in [-0.2, 0) is 16.1 Å². The molecule has 0 saturated carbocycles. The van der Waals surface area contributed by atoms with Crippen LogP contribution in [0.3, 0.4) is 0 Å². The summed E-state index contributed by atoms with van der Waals surface area (Å²) in [4.78, 5) is 27.0. The Bertz CT molecular complexity index is 780. The van der Waals surface area contributed by atoms with E-state index in [9.17, 15) is 18.4 Å². The van der Waals surface area contributed by atoms with Crippen molar-refractivity contribution in [3.8, 4) is 0 Å². The predicted molar refractivity (Wildman–Crippen MR) is 114 cm³/mol. The van der Waals surface area contributed by atoms with Crippen molar-refractivity contribution in [1.82, 2.24) is 20.2 Å². The second-order valence-corrected chi connectivity index (χ2v) is 9.16. The second kappa shape index (κ2) is 9.99. The number of alkyl halides is 2. The zero-order chi connectivity index (χ0) is 23.4. The number of hydrogen-bond acceptors (Lipinski definition) is 6. The van der Waals surface area contributed by atoms with Crippen molar-refractivity contribution >= 4 is 12.2 Å². The zero-order valence-electron chi connectivity index (χ0n) is 18.9. The molecule has 2 aliphatic heterocycles. The SMILES string of the molecule is CC(C)(C)OC(=O)N1CCC(N2CCN(NC(=O)OCc3ccccc3)CC2)C(F)(F)C1. The molecule has 1 aromatic carbocycles. The van der Waals surface area contributed by atoms with Gasteiger partial charge in [0.05, 0.1) is 12.6 Å². The fourth-order valence-corrected chi connectivity index (χ4v) is 3.89. The number of ether oxygens (including phenoxy) is 2. The number of nitrogens with one attached hydrogen (secondary N) is 1. The molecule has 2 aliphatic rings. The van der Waals surface area contributed by atoms with Gasteiger partial charge in [0, 0.05) is 32.7 Å². The van der Waals surface area contributed by atoms with Gasteiger partial charge in [-0.3, -0.25) is 10.3 Å². The normalized spacial score (nSPS) is 22.3. The molecule has 0 aromatic heterocycles. The third-order valence-electron chi connectivity index (χ3n) is 5.43. The average Bonchev–Trinajstić information content (AvgIpc) is 2.72.